The molecule has 0 saturated heterocycles. The molecule has 4 aromatic rings. The van der Waals surface area contributed by atoms with Crippen molar-refractivity contribution in [3.05, 3.63) is 107 Å². The molecule has 0 unspecified atom stereocenters. The van der Waals surface area contributed by atoms with Crippen molar-refractivity contribution in [2.45, 2.75) is 96.2 Å². The zero-order valence-electron chi connectivity index (χ0n) is 28.6. The number of hydrogen-bond donors (Lipinski definition) is 4. The van der Waals surface area contributed by atoms with E-state index in [4.69, 9.17) is 9.97 Å². The van der Waals surface area contributed by atoms with Gasteiger partial charge in [0.05, 0.1) is 12.2 Å². The summed E-state index contributed by atoms with van der Waals surface area (Å²) in [5.41, 5.74) is 6.74. The van der Waals surface area contributed by atoms with E-state index >= 15 is 0 Å². The second-order valence-electron chi connectivity index (χ2n) is 12.8. The first-order valence-corrected chi connectivity index (χ1v) is 17.7. The van der Waals surface area contributed by atoms with Crippen LogP contribution in [-0.4, -0.2) is 65.4 Å². The molecule has 2 atom stereocenters. The predicted molar refractivity (Wildman–Crippen MR) is 196 cm³/mol. The van der Waals surface area contributed by atoms with Gasteiger partial charge in [0.15, 0.2) is 0 Å². The molecule has 4 N–H and O–H groups in total. The van der Waals surface area contributed by atoms with E-state index in [1.807, 2.05) is 25.2 Å². The number of pyridine rings is 2. The molecular weight excluding hydrogens is 612 g/mol. The van der Waals surface area contributed by atoms with Crippen molar-refractivity contribution in [1.82, 2.24) is 29.9 Å². The molecule has 0 bridgehead atoms. The largest absolute Gasteiger partial charge is 0.389 e. The number of aryl methyl sites for hydroxylation is 5. The normalized spacial score (nSPS) is 15.0. The zero-order chi connectivity index (χ0) is 34.1. The minimum Gasteiger partial charge on any atom is -0.389 e. The highest BCUT2D eigenvalue weighted by atomic mass is 16.3. The molecule has 2 aliphatic heterocycles. The second kappa shape index (κ2) is 19.5. The van der Waals surface area contributed by atoms with E-state index in [1.54, 1.807) is 30.9 Å². The van der Waals surface area contributed by atoms with Crippen LogP contribution in [0, 0.1) is 6.92 Å². The van der Waals surface area contributed by atoms with Crippen LogP contribution in [0.1, 0.15) is 90.8 Å². The summed E-state index contributed by atoms with van der Waals surface area (Å²) in [6.45, 7) is 3.90. The molecule has 0 spiro atoms. The lowest BCUT2D eigenvalue weighted by atomic mass is 10.0. The first-order valence-electron chi connectivity index (χ1n) is 17.7. The Kier molecular flexibility index (Phi) is 14.2. The first kappa shape index (κ1) is 35.8. The van der Waals surface area contributed by atoms with E-state index in [-0.39, 0.29) is 0 Å². The van der Waals surface area contributed by atoms with Gasteiger partial charge in [-0.3, -0.25) is 0 Å². The highest BCUT2D eigenvalue weighted by molar-refractivity contribution is 5.49. The van der Waals surface area contributed by atoms with Gasteiger partial charge in [0.2, 0.25) is 0 Å². The molecule has 49 heavy (non-hydrogen) atoms. The van der Waals surface area contributed by atoms with Crippen LogP contribution in [0.2, 0.25) is 0 Å². The third-order valence-electron chi connectivity index (χ3n) is 8.67. The molecule has 0 saturated carbocycles. The van der Waals surface area contributed by atoms with Crippen molar-refractivity contribution >= 4 is 23.8 Å². The molecule has 0 aromatic carbocycles. The molecule has 0 fully saturated rings. The van der Waals surface area contributed by atoms with Gasteiger partial charge in [0, 0.05) is 60.4 Å². The van der Waals surface area contributed by atoms with Gasteiger partial charge < -0.3 is 20.8 Å². The lowest BCUT2D eigenvalue weighted by molar-refractivity contribution is 0.209. The van der Waals surface area contributed by atoms with Crippen LogP contribution in [-0.2, 0) is 25.7 Å². The smallest absolute Gasteiger partial charge is 0.129 e. The van der Waals surface area contributed by atoms with E-state index < -0.39 is 12.2 Å². The lowest BCUT2D eigenvalue weighted by Gasteiger charge is -2.17. The van der Waals surface area contributed by atoms with Crippen LogP contribution >= 0.6 is 0 Å². The average Bonchev–Trinajstić information content (AvgIpc) is 3.14. The molecule has 10 nitrogen and oxygen atoms in total. The zero-order valence-corrected chi connectivity index (χ0v) is 28.6. The van der Waals surface area contributed by atoms with Crippen molar-refractivity contribution in [1.29, 1.82) is 0 Å². The Bertz CT molecular complexity index is 1630. The van der Waals surface area contributed by atoms with Crippen LogP contribution in [0.4, 0.5) is 11.6 Å². The van der Waals surface area contributed by atoms with Gasteiger partial charge in [0.1, 0.15) is 23.8 Å². The minimum absolute atomic E-state index is 0.427. The maximum atomic E-state index is 10.1. The molecule has 4 aromatic heterocycles. The van der Waals surface area contributed by atoms with Gasteiger partial charge in [0.25, 0.3) is 0 Å². The lowest BCUT2D eigenvalue weighted by Crippen LogP contribution is -2.14. The number of aromatic nitrogens is 6. The quantitative estimate of drug-likeness (QED) is 0.113. The second-order valence-corrected chi connectivity index (χ2v) is 12.8. The Morgan fingerprint density at radius 2 is 1.16 bits per heavy atom. The van der Waals surface area contributed by atoms with Crippen molar-refractivity contribution in [3.63, 3.8) is 0 Å². The molecule has 0 amide bonds. The summed E-state index contributed by atoms with van der Waals surface area (Å²) in [6, 6.07) is 8.67. The molecule has 0 radical (unpaired) electrons. The van der Waals surface area contributed by atoms with Gasteiger partial charge in [-0.15, -0.1) is 0 Å². The fraction of sp³-hybridized carbons (Fsp3) is 0.436. The maximum absolute atomic E-state index is 10.1. The number of unbranched alkanes of at least 4 members (excludes halogenated alkanes) is 2. The monoisotopic (exact) mass is 662 g/mol. The van der Waals surface area contributed by atoms with Crippen molar-refractivity contribution < 1.29 is 10.2 Å². The average molecular weight is 663 g/mol. The van der Waals surface area contributed by atoms with Crippen LogP contribution in [0.5, 0.6) is 0 Å². The van der Waals surface area contributed by atoms with E-state index in [2.05, 4.69) is 54.8 Å². The van der Waals surface area contributed by atoms with Crippen LogP contribution in [0.15, 0.2) is 67.5 Å². The molecule has 0 aliphatic carbocycles. The molecule has 10 heteroatoms. The fourth-order valence-electron chi connectivity index (χ4n) is 5.86. The number of fused-ring (bicyclic) bond motifs is 2. The standard InChI is InChI=1S/C20H26N4O.C19H24N4O/c1-15-22-13-16(14-23-15)8-11-19(25)7-3-2-6-18-10-9-17-5-4-12-21-20(17)24-18;24-18(10-7-15-12-20-14-21-13-15)6-2-1-5-17-9-8-16-4-3-11-22-19(16)23-17/h8-11,13-14,19,25H,2-7,12H2,1H3,(H,21,24);7-10,12-14,18,24H,1-6,11H2,(H,22,23)/b11-8+;10-7+/t19-;18-/m11/s1. The number of aliphatic hydroxyl groups excluding tert-OH is 2. The van der Waals surface area contributed by atoms with Crippen LogP contribution < -0.4 is 10.6 Å². The number of nitrogens with zero attached hydrogens (tertiary/aromatic N) is 6. The number of rotatable bonds is 14. The van der Waals surface area contributed by atoms with Crippen molar-refractivity contribution in [3.8, 4) is 0 Å². The van der Waals surface area contributed by atoms with Crippen molar-refractivity contribution in [2.24, 2.45) is 0 Å². The topological polar surface area (TPSA) is 142 Å². The van der Waals surface area contributed by atoms with Crippen molar-refractivity contribution in [2.75, 3.05) is 23.7 Å². The fourth-order valence-corrected chi connectivity index (χ4v) is 5.86. The van der Waals surface area contributed by atoms with Crippen LogP contribution in [0.25, 0.3) is 12.2 Å². The van der Waals surface area contributed by atoms with Gasteiger partial charge in [-0.05, 0) is 94.4 Å². The summed E-state index contributed by atoms with van der Waals surface area (Å²) in [4.78, 5) is 25.6. The number of hydrogen-bond acceptors (Lipinski definition) is 10. The summed E-state index contributed by atoms with van der Waals surface area (Å²) < 4.78 is 0. The highest BCUT2D eigenvalue weighted by Crippen LogP contribution is 2.22. The van der Waals surface area contributed by atoms with Gasteiger partial charge in [-0.2, -0.15) is 0 Å². The Balaban J connectivity index is 0.000000191. The van der Waals surface area contributed by atoms with Crippen LogP contribution in [0.3, 0.4) is 0 Å². The maximum Gasteiger partial charge on any atom is 0.129 e. The Morgan fingerprint density at radius 1 is 0.673 bits per heavy atom. The third-order valence-corrected chi connectivity index (χ3v) is 8.67. The first-order chi connectivity index (χ1) is 24.0. The SMILES string of the molecule is Cc1ncc(/C=C/[C@H](O)CCCCc2ccc3c(n2)NCCC3)cn1.O[C@@H](/C=C/c1cncnc1)CCCCc1ccc2c(n1)NCCC2. The summed E-state index contributed by atoms with van der Waals surface area (Å²) in [5, 5.41) is 26.8. The molecule has 6 rings (SSSR count). The molecule has 2 aliphatic rings. The van der Waals surface area contributed by atoms with E-state index in [9.17, 15) is 10.2 Å². The summed E-state index contributed by atoms with van der Waals surface area (Å²) in [7, 11) is 0. The Labute approximate surface area is 290 Å². The van der Waals surface area contributed by atoms with Gasteiger partial charge >= 0.3 is 0 Å². The van der Waals surface area contributed by atoms with E-state index in [1.165, 1.54) is 30.3 Å². The van der Waals surface area contributed by atoms with Gasteiger partial charge in [-0.25, -0.2) is 29.9 Å². The predicted octanol–water partition coefficient (Wildman–Crippen LogP) is 6.34. The number of aliphatic hydroxyl groups is 2. The van der Waals surface area contributed by atoms with E-state index in [0.29, 0.717) is 0 Å². The summed E-state index contributed by atoms with van der Waals surface area (Å²) >= 11 is 0. The number of nitrogens with one attached hydrogen (secondary N) is 2. The minimum atomic E-state index is -0.431. The molecule has 6 heterocycles. The molecular formula is C39H50N8O2. The highest BCUT2D eigenvalue weighted by Gasteiger charge is 2.11. The summed E-state index contributed by atoms with van der Waals surface area (Å²) in [6.07, 6.45) is 27.1. The van der Waals surface area contributed by atoms with E-state index in [0.717, 1.165) is 117 Å². The Morgan fingerprint density at radius 3 is 1.67 bits per heavy atom. The van der Waals surface area contributed by atoms with Gasteiger partial charge in [-0.1, -0.05) is 49.3 Å². The summed E-state index contributed by atoms with van der Waals surface area (Å²) in [5.74, 6) is 2.88. The number of anilines is 2. The molecule has 258 valence electrons. The Hall–Kier alpha value is -4.54. The third kappa shape index (κ3) is 12.5.